The Hall–Kier alpha value is -4.05. The first kappa shape index (κ1) is 29.4. The fourth-order valence-corrected chi connectivity index (χ4v) is 7.26. The lowest BCUT2D eigenvalue weighted by molar-refractivity contribution is -0.369. The Morgan fingerprint density at radius 1 is 0.913 bits per heavy atom. The van der Waals surface area contributed by atoms with Crippen LogP contribution in [0.15, 0.2) is 42.6 Å². The van der Waals surface area contributed by atoms with Crippen molar-refractivity contribution >= 4 is 5.97 Å². The van der Waals surface area contributed by atoms with Crippen molar-refractivity contribution in [3.8, 4) is 28.7 Å². The van der Waals surface area contributed by atoms with Gasteiger partial charge in [-0.15, -0.1) is 0 Å². The average molecular weight is 640 g/mol. The van der Waals surface area contributed by atoms with Gasteiger partial charge in [0.25, 0.3) is 0 Å². The molecule has 5 heterocycles. The molecular weight excluding hydrogens is 606 g/mol. The fourth-order valence-electron chi connectivity index (χ4n) is 7.26. The zero-order valence-corrected chi connectivity index (χ0v) is 24.9. The summed E-state index contributed by atoms with van der Waals surface area (Å²) in [4.78, 5) is 16.5. The van der Waals surface area contributed by atoms with Gasteiger partial charge in [0, 0.05) is 18.0 Å². The summed E-state index contributed by atoms with van der Waals surface area (Å²) < 4.78 is 52.4. The van der Waals surface area contributed by atoms with E-state index in [1.807, 2.05) is 0 Å². The van der Waals surface area contributed by atoms with E-state index in [1.165, 1.54) is 14.2 Å². The molecule has 4 aliphatic heterocycles. The number of fused-ring (bicyclic) bond motifs is 4. The van der Waals surface area contributed by atoms with Crippen LogP contribution in [0, 0.1) is 11.8 Å². The Kier molecular flexibility index (Phi) is 7.23. The summed E-state index contributed by atoms with van der Waals surface area (Å²) in [5, 5.41) is 33.1. The smallest absolute Gasteiger partial charge is 0.310 e. The number of ether oxygens (including phenoxy) is 9. The molecule has 1 aliphatic carbocycles. The zero-order valence-electron chi connectivity index (χ0n) is 24.9. The Bertz CT molecular complexity index is 1600. The van der Waals surface area contributed by atoms with Gasteiger partial charge in [0.1, 0.15) is 24.4 Å². The molecule has 14 nitrogen and oxygen atoms in total. The molecule has 5 aliphatic rings. The van der Waals surface area contributed by atoms with Crippen molar-refractivity contribution in [1.82, 2.24) is 4.98 Å². The predicted octanol–water partition coefficient (Wildman–Crippen LogP) is 2.02. The van der Waals surface area contributed by atoms with Gasteiger partial charge in [-0.05, 0) is 53.1 Å². The zero-order chi connectivity index (χ0) is 31.7. The number of aromatic nitrogens is 1. The van der Waals surface area contributed by atoms with Crippen LogP contribution in [0.4, 0.5) is 0 Å². The number of esters is 1. The molecule has 46 heavy (non-hydrogen) atoms. The standard InChI is InChI=1S/C32H33NO13/c1-38-20-6-13(7-21(39-2)25(20)34)23-14-8-18-19(43-12-42-18)9-15(14)28(16-10-40-30(37)24(16)23)45-32-27(36)26(35)29-22(44-32)11-41-31(46-29)17-4-3-5-33-17/h3-9,16,22-24,26-29,31-36H,10-12H2,1-2H3/t16?,22-,23-,24+,26-,27-,28?,29?,31-,32+/m1/s1. The Labute approximate surface area is 262 Å². The van der Waals surface area contributed by atoms with Crippen molar-refractivity contribution < 1.29 is 62.7 Å². The summed E-state index contributed by atoms with van der Waals surface area (Å²) in [7, 11) is 2.86. The van der Waals surface area contributed by atoms with E-state index in [2.05, 4.69) is 4.98 Å². The molecule has 2 aromatic carbocycles. The summed E-state index contributed by atoms with van der Waals surface area (Å²) >= 11 is 0. The number of rotatable bonds is 6. The number of cyclic esters (lactones) is 1. The van der Waals surface area contributed by atoms with Gasteiger partial charge in [0.15, 0.2) is 35.6 Å². The highest BCUT2D eigenvalue weighted by molar-refractivity contribution is 5.79. The number of aliphatic hydroxyl groups excluding tert-OH is 2. The molecule has 0 bridgehead atoms. The minimum absolute atomic E-state index is 0.0212. The highest BCUT2D eigenvalue weighted by Gasteiger charge is 2.56. The van der Waals surface area contributed by atoms with Gasteiger partial charge >= 0.3 is 5.97 Å². The molecule has 14 heteroatoms. The van der Waals surface area contributed by atoms with Gasteiger partial charge in [-0.3, -0.25) is 4.79 Å². The second-order valence-corrected chi connectivity index (χ2v) is 11.9. The summed E-state index contributed by atoms with van der Waals surface area (Å²) in [5.74, 6) is -1.12. The maximum absolute atomic E-state index is 13.5. The van der Waals surface area contributed by atoms with Crippen LogP contribution >= 0.6 is 0 Å². The van der Waals surface area contributed by atoms with Crippen LogP contribution in [0.2, 0.25) is 0 Å². The van der Waals surface area contributed by atoms with Gasteiger partial charge in [-0.2, -0.15) is 0 Å². The first-order chi connectivity index (χ1) is 22.4. The Balaban J connectivity index is 1.16. The number of H-pyrrole nitrogens is 1. The molecule has 0 radical (unpaired) electrons. The number of carbonyl (C=O) groups is 1. The minimum Gasteiger partial charge on any atom is -0.502 e. The Morgan fingerprint density at radius 2 is 1.65 bits per heavy atom. The molecule has 3 unspecified atom stereocenters. The summed E-state index contributed by atoms with van der Waals surface area (Å²) in [5.41, 5.74) is 2.66. The average Bonchev–Trinajstić information content (AvgIpc) is 3.85. The van der Waals surface area contributed by atoms with Crippen LogP contribution in [0.25, 0.3) is 0 Å². The van der Waals surface area contributed by atoms with Gasteiger partial charge < -0.3 is 62.9 Å². The monoisotopic (exact) mass is 639 g/mol. The quantitative estimate of drug-likeness (QED) is 0.289. The van der Waals surface area contributed by atoms with E-state index in [0.717, 1.165) is 0 Å². The third-order valence-corrected chi connectivity index (χ3v) is 9.47. The SMILES string of the molecule is COc1cc([C@@H]2c3cc4c(cc3C(O[C@@H]3O[C@@H]5CO[C@@H](c6ccc[nH]6)OC5[C@H](O)[C@H]3O)C3COC(=O)[C@@H]32)OCO4)cc(OC)c1O. The van der Waals surface area contributed by atoms with E-state index in [1.54, 1.807) is 42.6 Å². The second kappa shape index (κ2) is 11.3. The lowest BCUT2D eigenvalue weighted by atomic mass is 9.66. The van der Waals surface area contributed by atoms with Crippen LogP contribution in [0.1, 0.15) is 40.7 Å². The van der Waals surface area contributed by atoms with Gasteiger partial charge in [-0.1, -0.05) is 0 Å². The highest BCUT2D eigenvalue weighted by atomic mass is 16.8. The predicted molar refractivity (Wildman–Crippen MR) is 152 cm³/mol. The third kappa shape index (κ3) is 4.59. The number of carbonyl (C=O) groups excluding carboxylic acids is 1. The van der Waals surface area contributed by atoms with Crippen molar-refractivity contribution in [3.63, 3.8) is 0 Å². The molecule has 4 N–H and O–H groups in total. The lowest BCUT2D eigenvalue weighted by Gasteiger charge is -2.48. The van der Waals surface area contributed by atoms with Crippen LogP contribution in [0.3, 0.4) is 0 Å². The number of aromatic amines is 1. The van der Waals surface area contributed by atoms with Crippen molar-refractivity contribution in [2.75, 3.05) is 34.2 Å². The number of hydrogen-bond acceptors (Lipinski definition) is 13. The minimum atomic E-state index is -1.49. The second-order valence-electron chi connectivity index (χ2n) is 11.9. The van der Waals surface area contributed by atoms with Crippen LogP contribution < -0.4 is 18.9 Å². The van der Waals surface area contributed by atoms with E-state index in [-0.39, 0.29) is 37.3 Å². The number of methoxy groups -OCH3 is 2. The van der Waals surface area contributed by atoms with Crippen LogP contribution in [0.5, 0.6) is 28.7 Å². The van der Waals surface area contributed by atoms with E-state index in [4.69, 9.17) is 42.6 Å². The van der Waals surface area contributed by atoms with E-state index in [0.29, 0.717) is 33.9 Å². The van der Waals surface area contributed by atoms with E-state index >= 15 is 0 Å². The van der Waals surface area contributed by atoms with Crippen molar-refractivity contribution in [2.24, 2.45) is 11.8 Å². The molecule has 3 fully saturated rings. The first-order valence-corrected chi connectivity index (χ1v) is 15.0. The molecule has 0 amide bonds. The van der Waals surface area contributed by atoms with Crippen molar-refractivity contribution in [1.29, 1.82) is 0 Å². The normalized spacial score (nSPS) is 34.3. The first-order valence-electron chi connectivity index (χ1n) is 15.0. The largest absolute Gasteiger partial charge is 0.502 e. The number of phenols is 1. The number of phenolic OH excluding ortho intramolecular Hbond substituents is 1. The van der Waals surface area contributed by atoms with Crippen molar-refractivity contribution in [3.05, 3.63) is 65.0 Å². The number of aromatic hydroxyl groups is 1. The van der Waals surface area contributed by atoms with Gasteiger partial charge in [0.05, 0.1) is 45.1 Å². The van der Waals surface area contributed by atoms with Crippen molar-refractivity contribution in [2.45, 2.75) is 49.0 Å². The molecule has 1 aromatic heterocycles. The summed E-state index contributed by atoms with van der Waals surface area (Å²) in [6, 6.07) is 10.5. The Morgan fingerprint density at radius 3 is 2.35 bits per heavy atom. The number of benzene rings is 2. The molecule has 0 saturated carbocycles. The van der Waals surface area contributed by atoms with Crippen LogP contribution in [-0.2, 0) is 28.5 Å². The lowest BCUT2D eigenvalue weighted by Crippen LogP contribution is -2.62. The van der Waals surface area contributed by atoms with E-state index < -0.39 is 66.8 Å². The molecule has 3 aromatic rings. The third-order valence-electron chi connectivity index (χ3n) is 9.47. The number of aliphatic hydroxyl groups is 2. The van der Waals surface area contributed by atoms with Gasteiger partial charge in [-0.25, -0.2) is 0 Å². The number of hydrogen-bond donors (Lipinski definition) is 4. The molecule has 10 atom stereocenters. The summed E-state index contributed by atoms with van der Waals surface area (Å²) in [6.45, 7) is 0.137. The molecule has 3 saturated heterocycles. The molecular formula is C32H33NO13. The summed E-state index contributed by atoms with van der Waals surface area (Å²) in [6.07, 6.45) is -5.60. The van der Waals surface area contributed by atoms with E-state index in [9.17, 15) is 20.1 Å². The highest BCUT2D eigenvalue weighted by Crippen LogP contribution is 2.57. The maximum atomic E-state index is 13.5. The molecule has 8 rings (SSSR count). The van der Waals surface area contributed by atoms with Gasteiger partial charge in [0.2, 0.25) is 12.5 Å². The maximum Gasteiger partial charge on any atom is 0.310 e. The fraction of sp³-hybridized carbons (Fsp3) is 0.469. The number of nitrogens with one attached hydrogen (secondary N) is 1. The topological polar surface area (TPSA) is 177 Å². The molecule has 244 valence electrons. The molecule has 0 spiro atoms. The van der Waals surface area contributed by atoms with Crippen LogP contribution in [-0.4, -0.2) is 91.2 Å².